The van der Waals surface area contributed by atoms with Crippen LogP contribution in [0, 0.1) is 5.82 Å². The topological polar surface area (TPSA) is 69.3 Å². The summed E-state index contributed by atoms with van der Waals surface area (Å²) in [7, 11) is 0. The van der Waals surface area contributed by atoms with Gasteiger partial charge in [0.05, 0.1) is 6.54 Å². The van der Waals surface area contributed by atoms with E-state index < -0.39 is 5.91 Å². The lowest BCUT2D eigenvalue weighted by atomic mass is 9.78. The fourth-order valence-corrected chi connectivity index (χ4v) is 4.22. The van der Waals surface area contributed by atoms with Gasteiger partial charge in [0, 0.05) is 23.2 Å². The van der Waals surface area contributed by atoms with Crippen molar-refractivity contribution in [2.45, 2.75) is 32.4 Å². The lowest BCUT2D eigenvalue weighted by Crippen LogP contribution is -2.18. The first-order valence-corrected chi connectivity index (χ1v) is 12.3. The lowest BCUT2D eigenvalue weighted by Gasteiger charge is -2.26. The molecule has 6 nitrogen and oxygen atoms in total. The van der Waals surface area contributed by atoms with Gasteiger partial charge >= 0.3 is 0 Å². The van der Waals surface area contributed by atoms with E-state index in [9.17, 15) is 9.18 Å². The number of hydrogen-bond donors (Lipinski definition) is 1. The van der Waals surface area contributed by atoms with Crippen molar-refractivity contribution in [1.82, 2.24) is 9.78 Å². The standard InChI is InChI=1S/C31H28FN3O3/c1-31(2,23-9-4-3-5-10-23)24-12-14-25(15-13-24)37-21-26-16-17-28(38-26)30(36)33-29-18-19-35(34-29)20-22-8-6-7-11-27(22)32/h3-19H,20-21H2,1-2H3,(H,33,34,36). The van der Waals surface area contributed by atoms with Crippen LogP contribution in [0.2, 0.25) is 0 Å². The van der Waals surface area contributed by atoms with Gasteiger partial charge in [-0.1, -0.05) is 74.5 Å². The second-order valence-corrected chi connectivity index (χ2v) is 9.51. The second kappa shape index (κ2) is 10.8. The van der Waals surface area contributed by atoms with Gasteiger partial charge in [0.2, 0.25) is 0 Å². The summed E-state index contributed by atoms with van der Waals surface area (Å²) in [4.78, 5) is 12.6. The van der Waals surface area contributed by atoms with Crippen LogP contribution >= 0.6 is 0 Å². The van der Waals surface area contributed by atoms with Crippen LogP contribution < -0.4 is 10.1 Å². The Morgan fingerprint density at radius 2 is 1.63 bits per heavy atom. The van der Waals surface area contributed by atoms with Crippen molar-refractivity contribution in [1.29, 1.82) is 0 Å². The molecule has 1 amide bonds. The van der Waals surface area contributed by atoms with Gasteiger partial charge < -0.3 is 14.5 Å². The normalized spacial score (nSPS) is 11.3. The third-order valence-corrected chi connectivity index (χ3v) is 6.51. The minimum Gasteiger partial charge on any atom is -0.486 e. The number of aromatic nitrogens is 2. The maximum absolute atomic E-state index is 13.9. The average Bonchev–Trinajstić information content (AvgIpc) is 3.59. The number of carbonyl (C=O) groups excluding carboxylic acids is 1. The van der Waals surface area contributed by atoms with Crippen molar-refractivity contribution in [2.24, 2.45) is 0 Å². The molecule has 0 aliphatic carbocycles. The highest BCUT2D eigenvalue weighted by Crippen LogP contribution is 2.32. The number of amides is 1. The smallest absolute Gasteiger partial charge is 0.292 e. The molecule has 0 aliphatic heterocycles. The molecule has 2 aromatic heterocycles. The molecule has 0 unspecified atom stereocenters. The molecule has 5 rings (SSSR count). The minimum atomic E-state index is -0.431. The SMILES string of the molecule is CC(C)(c1ccccc1)c1ccc(OCc2ccc(C(=O)Nc3ccn(Cc4ccccc4F)n3)o2)cc1. The first kappa shape index (κ1) is 25.0. The van der Waals surface area contributed by atoms with Gasteiger partial charge in [0.15, 0.2) is 11.6 Å². The summed E-state index contributed by atoms with van der Waals surface area (Å²) >= 11 is 0. The van der Waals surface area contributed by atoms with Crippen molar-refractivity contribution in [2.75, 3.05) is 5.32 Å². The van der Waals surface area contributed by atoms with E-state index in [0.29, 0.717) is 22.9 Å². The average molecular weight is 510 g/mol. The van der Waals surface area contributed by atoms with E-state index in [4.69, 9.17) is 9.15 Å². The Morgan fingerprint density at radius 3 is 2.39 bits per heavy atom. The molecule has 0 atom stereocenters. The number of rotatable bonds is 9. The van der Waals surface area contributed by atoms with Crippen LogP contribution in [0.25, 0.3) is 0 Å². The van der Waals surface area contributed by atoms with E-state index in [1.165, 1.54) is 17.2 Å². The van der Waals surface area contributed by atoms with Crippen molar-refractivity contribution < 1.29 is 18.3 Å². The molecule has 192 valence electrons. The maximum atomic E-state index is 13.9. The lowest BCUT2D eigenvalue weighted by molar-refractivity contribution is 0.0992. The van der Waals surface area contributed by atoms with E-state index in [1.807, 2.05) is 30.3 Å². The molecular weight excluding hydrogens is 481 g/mol. The van der Waals surface area contributed by atoms with Crippen LogP contribution in [-0.2, 0) is 18.6 Å². The first-order chi connectivity index (χ1) is 18.4. The van der Waals surface area contributed by atoms with Gasteiger partial charge in [-0.25, -0.2) is 4.39 Å². The van der Waals surface area contributed by atoms with Crippen LogP contribution in [0.5, 0.6) is 5.75 Å². The highest BCUT2D eigenvalue weighted by atomic mass is 19.1. The molecular formula is C31H28FN3O3. The molecule has 0 aliphatic rings. The predicted molar refractivity (Wildman–Crippen MR) is 144 cm³/mol. The number of nitrogens with one attached hydrogen (secondary N) is 1. The summed E-state index contributed by atoms with van der Waals surface area (Å²) in [5, 5.41) is 6.99. The summed E-state index contributed by atoms with van der Waals surface area (Å²) in [5.74, 6) is 0.992. The van der Waals surface area contributed by atoms with Crippen LogP contribution in [0.1, 0.15) is 46.9 Å². The van der Waals surface area contributed by atoms with Gasteiger partial charge in [-0.3, -0.25) is 9.48 Å². The largest absolute Gasteiger partial charge is 0.486 e. The zero-order chi connectivity index (χ0) is 26.5. The molecule has 7 heteroatoms. The number of anilines is 1. The molecule has 0 radical (unpaired) electrons. The van der Waals surface area contributed by atoms with E-state index >= 15 is 0 Å². The van der Waals surface area contributed by atoms with Crippen molar-refractivity contribution in [3.8, 4) is 5.75 Å². The van der Waals surface area contributed by atoms with Crippen LogP contribution in [0.4, 0.5) is 10.2 Å². The number of benzene rings is 3. The van der Waals surface area contributed by atoms with Crippen LogP contribution in [-0.4, -0.2) is 15.7 Å². The number of halogens is 1. The quantitative estimate of drug-likeness (QED) is 0.237. The minimum absolute atomic E-state index is 0.128. The Labute approximate surface area is 220 Å². The molecule has 1 N–H and O–H groups in total. The number of furan rings is 1. The summed E-state index contributed by atoms with van der Waals surface area (Å²) in [6.45, 7) is 4.84. The number of hydrogen-bond acceptors (Lipinski definition) is 4. The Bertz CT molecular complexity index is 1520. The predicted octanol–water partition coefficient (Wildman–Crippen LogP) is 6.82. The third kappa shape index (κ3) is 5.67. The van der Waals surface area contributed by atoms with Gasteiger partial charge in [-0.2, -0.15) is 5.10 Å². The Hall–Kier alpha value is -4.65. The second-order valence-electron chi connectivity index (χ2n) is 9.51. The Morgan fingerprint density at radius 1 is 0.921 bits per heavy atom. The van der Waals surface area contributed by atoms with Crippen LogP contribution in [0.3, 0.4) is 0 Å². The van der Waals surface area contributed by atoms with E-state index in [-0.39, 0.29) is 30.1 Å². The monoisotopic (exact) mass is 509 g/mol. The molecule has 0 fully saturated rings. The van der Waals surface area contributed by atoms with Crippen LogP contribution in [0.15, 0.2) is 108 Å². The third-order valence-electron chi connectivity index (χ3n) is 6.51. The first-order valence-electron chi connectivity index (χ1n) is 12.3. The van der Waals surface area contributed by atoms with Crippen molar-refractivity contribution in [3.63, 3.8) is 0 Å². The van der Waals surface area contributed by atoms with Gasteiger partial charge in [0.25, 0.3) is 5.91 Å². The number of ether oxygens (including phenoxy) is 1. The Kier molecular flexibility index (Phi) is 7.09. The van der Waals surface area contributed by atoms with Gasteiger partial charge in [-0.05, 0) is 41.5 Å². The fourth-order valence-electron chi connectivity index (χ4n) is 4.22. The Balaban J connectivity index is 1.15. The van der Waals surface area contributed by atoms with Gasteiger partial charge in [-0.15, -0.1) is 0 Å². The summed E-state index contributed by atoms with van der Waals surface area (Å²) in [5.41, 5.74) is 2.81. The zero-order valence-electron chi connectivity index (χ0n) is 21.2. The van der Waals surface area contributed by atoms with Gasteiger partial charge in [0.1, 0.15) is 23.9 Å². The number of nitrogens with zero attached hydrogens (tertiary/aromatic N) is 2. The molecule has 2 heterocycles. The molecule has 0 bridgehead atoms. The van der Waals surface area contributed by atoms with Crippen molar-refractivity contribution in [3.05, 3.63) is 137 Å². The summed E-state index contributed by atoms with van der Waals surface area (Å²) < 4.78 is 27.0. The summed E-state index contributed by atoms with van der Waals surface area (Å²) in [6.07, 6.45) is 1.68. The summed E-state index contributed by atoms with van der Waals surface area (Å²) in [6, 6.07) is 29.8. The number of carbonyl (C=O) groups is 1. The van der Waals surface area contributed by atoms with E-state index in [1.54, 1.807) is 47.3 Å². The zero-order valence-corrected chi connectivity index (χ0v) is 21.2. The molecule has 3 aromatic carbocycles. The van der Waals surface area contributed by atoms with Crippen molar-refractivity contribution >= 4 is 11.7 Å². The highest BCUT2D eigenvalue weighted by molar-refractivity contribution is 6.01. The molecule has 0 saturated heterocycles. The fraction of sp³-hybridized carbons (Fsp3) is 0.161. The maximum Gasteiger partial charge on any atom is 0.292 e. The molecule has 5 aromatic rings. The molecule has 38 heavy (non-hydrogen) atoms. The molecule has 0 saturated carbocycles. The molecule has 0 spiro atoms. The van der Waals surface area contributed by atoms with E-state index in [2.05, 4.69) is 48.5 Å². The van der Waals surface area contributed by atoms with E-state index in [0.717, 1.165) is 0 Å². The highest BCUT2D eigenvalue weighted by Gasteiger charge is 2.22.